The average molecular weight is 343 g/mol. The van der Waals surface area contributed by atoms with E-state index in [0.717, 1.165) is 43.3 Å². The molecule has 2 heterocycles. The van der Waals surface area contributed by atoms with Crippen LogP contribution in [0.1, 0.15) is 19.4 Å². The second-order valence-electron chi connectivity index (χ2n) is 6.75. The largest absolute Gasteiger partial charge is 0.356 e. The molecule has 1 aromatic heterocycles. The Morgan fingerprint density at radius 3 is 2.96 bits per heavy atom. The zero-order valence-electron chi connectivity index (χ0n) is 14.7. The van der Waals surface area contributed by atoms with Gasteiger partial charge < -0.3 is 10.2 Å². The first kappa shape index (κ1) is 17.1. The molecule has 0 atom stereocenters. The molecule has 1 fully saturated rings. The van der Waals surface area contributed by atoms with Crippen molar-refractivity contribution in [2.24, 2.45) is 4.99 Å². The van der Waals surface area contributed by atoms with E-state index in [-0.39, 0.29) is 4.75 Å². The first-order valence-electron chi connectivity index (χ1n) is 8.51. The lowest BCUT2D eigenvalue weighted by Gasteiger charge is -2.39. The van der Waals surface area contributed by atoms with Crippen LogP contribution in [0.15, 0.2) is 41.5 Å². The van der Waals surface area contributed by atoms with Crippen molar-refractivity contribution in [1.82, 2.24) is 15.2 Å². The van der Waals surface area contributed by atoms with Gasteiger partial charge in [0, 0.05) is 48.8 Å². The number of benzene rings is 1. The summed E-state index contributed by atoms with van der Waals surface area (Å²) in [4.78, 5) is 11.4. The van der Waals surface area contributed by atoms with Crippen molar-refractivity contribution in [2.45, 2.75) is 25.0 Å². The normalized spacial score (nSPS) is 18.0. The zero-order chi connectivity index (χ0) is 17.0. The van der Waals surface area contributed by atoms with Crippen LogP contribution >= 0.6 is 11.8 Å². The predicted octanol–water partition coefficient (Wildman–Crippen LogP) is 3.18. The van der Waals surface area contributed by atoms with E-state index in [1.807, 2.05) is 31.1 Å². The van der Waals surface area contributed by atoms with Gasteiger partial charge >= 0.3 is 0 Å². The number of hydrogen-bond acceptors (Lipinski definition) is 3. The van der Waals surface area contributed by atoms with Gasteiger partial charge in [0.2, 0.25) is 0 Å². The lowest BCUT2D eigenvalue weighted by Crippen LogP contribution is -2.51. The highest BCUT2D eigenvalue weighted by Gasteiger charge is 2.28. The number of guanidine groups is 1. The van der Waals surface area contributed by atoms with E-state index in [9.17, 15) is 0 Å². The SMILES string of the molecule is CN=C(NCCc1cccc2cccnc12)N1CCSC(C)(C)C1. The average Bonchev–Trinajstić information content (AvgIpc) is 2.58. The molecular formula is C19H26N4S. The van der Waals surface area contributed by atoms with Crippen molar-refractivity contribution in [3.63, 3.8) is 0 Å². The smallest absolute Gasteiger partial charge is 0.193 e. The summed E-state index contributed by atoms with van der Waals surface area (Å²) in [7, 11) is 1.87. The van der Waals surface area contributed by atoms with Crippen LogP contribution in [-0.4, -0.2) is 53.0 Å². The molecule has 0 spiro atoms. The van der Waals surface area contributed by atoms with E-state index in [4.69, 9.17) is 0 Å². The number of nitrogens with zero attached hydrogens (tertiary/aromatic N) is 3. The van der Waals surface area contributed by atoms with Crippen LogP contribution < -0.4 is 5.32 Å². The maximum Gasteiger partial charge on any atom is 0.193 e. The van der Waals surface area contributed by atoms with Crippen LogP contribution in [-0.2, 0) is 6.42 Å². The topological polar surface area (TPSA) is 40.5 Å². The maximum atomic E-state index is 4.54. The predicted molar refractivity (Wildman–Crippen MR) is 105 cm³/mol. The molecule has 2 aromatic rings. The molecule has 128 valence electrons. The number of aliphatic imine (C=N–C) groups is 1. The van der Waals surface area contributed by atoms with E-state index in [0.29, 0.717) is 0 Å². The monoisotopic (exact) mass is 342 g/mol. The van der Waals surface area contributed by atoms with Gasteiger partial charge in [0.25, 0.3) is 0 Å². The minimum Gasteiger partial charge on any atom is -0.356 e. The van der Waals surface area contributed by atoms with Crippen LogP contribution in [0, 0.1) is 0 Å². The van der Waals surface area contributed by atoms with Crippen molar-refractivity contribution in [3.8, 4) is 0 Å². The Balaban J connectivity index is 1.62. The molecule has 1 aliphatic rings. The van der Waals surface area contributed by atoms with Crippen LogP contribution in [0.2, 0.25) is 0 Å². The molecule has 0 saturated carbocycles. The van der Waals surface area contributed by atoms with Gasteiger partial charge in [-0.25, -0.2) is 0 Å². The van der Waals surface area contributed by atoms with Crippen LogP contribution in [0.4, 0.5) is 0 Å². The third kappa shape index (κ3) is 4.01. The van der Waals surface area contributed by atoms with Gasteiger partial charge in [-0.1, -0.05) is 24.3 Å². The minimum atomic E-state index is 0.287. The summed E-state index contributed by atoms with van der Waals surface area (Å²) in [5.41, 5.74) is 2.39. The number of para-hydroxylation sites is 1. The second-order valence-corrected chi connectivity index (χ2v) is 8.55. The summed E-state index contributed by atoms with van der Waals surface area (Å²) in [6, 6.07) is 10.5. The van der Waals surface area contributed by atoms with E-state index in [1.165, 1.54) is 10.9 Å². The highest BCUT2D eigenvalue weighted by atomic mass is 32.2. The standard InChI is InChI=1S/C19H26N4S/c1-19(2)14-23(12-13-24-19)18(20-3)22-11-9-16-7-4-6-15-8-5-10-21-17(15)16/h4-8,10H,9,11-14H2,1-3H3,(H,20,22). The van der Waals surface area contributed by atoms with Gasteiger partial charge in [0.15, 0.2) is 5.96 Å². The molecule has 1 aliphatic heterocycles. The van der Waals surface area contributed by atoms with Crippen LogP contribution in [0.5, 0.6) is 0 Å². The Bertz CT molecular complexity index is 721. The Morgan fingerprint density at radius 2 is 2.17 bits per heavy atom. The van der Waals surface area contributed by atoms with Crippen molar-refractivity contribution in [1.29, 1.82) is 0 Å². The summed E-state index contributed by atoms with van der Waals surface area (Å²) in [6.45, 7) is 7.57. The summed E-state index contributed by atoms with van der Waals surface area (Å²) in [6.07, 6.45) is 2.81. The number of aromatic nitrogens is 1. The Morgan fingerprint density at radius 1 is 1.33 bits per heavy atom. The molecule has 5 heteroatoms. The Kier molecular flexibility index (Phi) is 5.29. The molecule has 3 rings (SSSR count). The third-order valence-electron chi connectivity index (χ3n) is 4.33. The van der Waals surface area contributed by atoms with Gasteiger partial charge in [0.1, 0.15) is 0 Å². The fourth-order valence-electron chi connectivity index (χ4n) is 3.21. The zero-order valence-corrected chi connectivity index (χ0v) is 15.6. The molecule has 1 aromatic carbocycles. The van der Waals surface area contributed by atoms with Crippen molar-refractivity contribution < 1.29 is 0 Å². The van der Waals surface area contributed by atoms with Crippen molar-refractivity contribution in [2.75, 3.05) is 32.4 Å². The van der Waals surface area contributed by atoms with Crippen molar-refractivity contribution in [3.05, 3.63) is 42.1 Å². The van der Waals surface area contributed by atoms with Crippen LogP contribution in [0.25, 0.3) is 10.9 Å². The fourth-order valence-corrected chi connectivity index (χ4v) is 4.32. The number of rotatable bonds is 3. The lowest BCUT2D eigenvalue weighted by atomic mass is 10.1. The first-order valence-corrected chi connectivity index (χ1v) is 9.50. The highest BCUT2D eigenvalue weighted by Crippen LogP contribution is 2.29. The molecule has 0 aliphatic carbocycles. The number of thioether (sulfide) groups is 1. The number of nitrogens with one attached hydrogen (secondary N) is 1. The van der Waals surface area contributed by atoms with E-state index in [2.05, 4.69) is 58.3 Å². The maximum absolute atomic E-state index is 4.54. The molecule has 1 N–H and O–H groups in total. The van der Waals surface area contributed by atoms with Gasteiger partial charge in [-0.2, -0.15) is 11.8 Å². The summed E-state index contributed by atoms with van der Waals surface area (Å²) < 4.78 is 0.287. The van der Waals surface area contributed by atoms with Gasteiger partial charge in [-0.05, 0) is 31.9 Å². The van der Waals surface area contributed by atoms with Gasteiger partial charge in [-0.3, -0.25) is 9.98 Å². The molecule has 0 radical (unpaired) electrons. The molecule has 0 amide bonds. The Hall–Kier alpha value is -1.75. The summed E-state index contributed by atoms with van der Waals surface area (Å²) in [5.74, 6) is 2.16. The van der Waals surface area contributed by atoms with E-state index < -0.39 is 0 Å². The lowest BCUT2D eigenvalue weighted by molar-refractivity contribution is 0.376. The molecule has 0 unspecified atom stereocenters. The first-order chi connectivity index (χ1) is 11.6. The molecular weight excluding hydrogens is 316 g/mol. The molecule has 4 nitrogen and oxygen atoms in total. The van der Waals surface area contributed by atoms with E-state index in [1.54, 1.807) is 0 Å². The van der Waals surface area contributed by atoms with Gasteiger partial charge in [0.05, 0.1) is 5.52 Å². The number of fused-ring (bicyclic) bond motifs is 1. The highest BCUT2D eigenvalue weighted by molar-refractivity contribution is 8.00. The summed E-state index contributed by atoms with van der Waals surface area (Å²) >= 11 is 2.04. The van der Waals surface area contributed by atoms with E-state index >= 15 is 0 Å². The molecule has 0 bridgehead atoms. The molecule has 1 saturated heterocycles. The van der Waals surface area contributed by atoms with Gasteiger partial charge in [-0.15, -0.1) is 0 Å². The molecule has 24 heavy (non-hydrogen) atoms. The fraction of sp³-hybridized carbons (Fsp3) is 0.474. The second kappa shape index (κ2) is 7.43. The quantitative estimate of drug-likeness (QED) is 0.687. The number of hydrogen-bond donors (Lipinski definition) is 1. The third-order valence-corrected chi connectivity index (χ3v) is 5.63. The minimum absolute atomic E-state index is 0.287. The number of pyridine rings is 1. The van der Waals surface area contributed by atoms with Crippen molar-refractivity contribution >= 4 is 28.6 Å². The summed E-state index contributed by atoms with van der Waals surface area (Å²) in [5, 5.41) is 4.73. The van der Waals surface area contributed by atoms with Crippen LogP contribution in [0.3, 0.4) is 0 Å². The Labute approximate surface area is 148 Å².